The van der Waals surface area contributed by atoms with E-state index in [-0.39, 0.29) is 26.1 Å². The van der Waals surface area contributed by atoms with Crippen molar-refractivity contribution >= 4 is 45.3 Å². The van der Waals surface area contributed by atoms with Crippen LogP contribution in [0.2, 0.25) is 0 Å². The molecule has 0 aliphatic heterocycles. The molecule has 1 aromatic carbocycles. The number of aliphatic hydroxyl groups is 2. The molecule has 0 saturated carbocycles. The maximum atomic E-state index is 11.8. The van der Waals surface area contributed by atoms with Gasteiger partial charge in [-0.1, -0.05) is 28.1 Å². The number of ketones is 1. The smallest absolute Gasteiger partial charge is 0.287 e. The number of carbonyl (C=O) groups is 3. The second-order valence-electron chi connectivity index (χ2n) is 6.16. The van der Waals surface area contributed by atoms with Crippen molar-refractivity contribution in [2.45, 2.75) is 37.0 Å². The van der Waals surface area contributed by atoms with Gasteiger partial charge in [0.1, 0.15) is 0 Å². The molecule has 7 nitrogen and oxygen atoms in total. The molecule has 0 spiro atoms. The number of thioether (sulfide) groups is 1. The molecular weight excluding hydrogens is 424 g/mol. The third kappa shape index (κ3) is 8.31. The van der Waals surface area contributed by atoms with Gasteiger partial charge in [0.2, 0.25) is 5.78 Å². The Kier molecular flexibility index (Phi) is 9.28. The van der Waals surface area contributed by atoms with Gasteiger partial charge in [-0.05, 0) is 31.5 Å². The van der Waals surface area contributed by atoms with Gasteiger partial charge >= 0.3 is 0 Å². The summed E-state index contributed by atoms with van der Waals surface area (Å²) in [5, 5.41) is 23.8. The van der Waals surface area contributed by atoms with Gasteiger partial charge in [-0.25, -0.2) is 0 Å². The van der Waals surface area contributed by atoms with Crippen LogP contribution in [0.5, 0.6) is 0 Å². The standard InChI is InChI=1S/C17H23BrN2O5S/c1-17(2,10-21)26-16(25)15(24)19-8-7-13(22)14(23)20-9-11-3-5-12(18)6-4-11/h3-6,16,21,25H,7-10H2,1-2H3,(H,19,24)(H,20,23). The average Bonchev–Trinajstić information content (AvgIpc) is 2.60. The first kappa shape index (κ1) is 22.6. The Labute approximate surface area is 165 Å². The largest absolute Gasteiger partial charge is 0.395 e. The van der Waals surface area contributed by atoms with Crippen LogP contribution in [-0.2, 0) is 20.9 Å². The highest BCUT2D eigenvalue weighted by Gasteiger charge is 2.26. The van der Waals surface area contributed by atoms with E-state index in [1.165, 1.54) is 0 Å². The Hall–Kier alpha value is -1.42. The minimum Gasteiger partial charge on any atom is -0.395 e. The summed E-state index contributed by atoms with van der Waals surface area (Å²) in [4.78, 5) is 35.3. The molecule has 0 saturated heterocycles. The lowest BCUT2D eigenvalue weighted by atomic mass is 10.2. The van der Waals surface area contributed by atoms with Gasteiger partial charge in [-0.2, -0.15) is 0 Å². The zero-order valence-electron chi connectivity index (χ0n) is 14.6. The summed E-state index contributed by atoms with van der Waals surface area (Å²) in [7, 11) is 0. The van der Waals surface area contributed by atoms with Crippen LogP contribution in [0.1, 0.15) is 25.8 Å². The highest BCUT2D eigenvalue weighted by atomic mass is 79.9. The summed E-state index contributed by atoms with van der Waals surface area (Å²) < 4.78 is 0.251. The lowest BCUT2D eigenvalue weighted by Gasteiger charge is -2.23. The van der Waals surface area contributed by atoms with E-state index < -0.39 is 27.8 Å². The van der Waals surface area contributed by atoms with E-state index in [0.29, 0.717) is 0 Å². The second kappa shape index (κ2) is 10.7. The Balaban J connectivity index is 2.31. The second-order valence-corrected chi connectivity index (χ2v) is 8.86. The van der Waals surface area contributed by atoms with Crippen LogP contribution in [-0.4, -0.2) is 51.1 Å². The molecule has 4 N–H and O–H groups in total. The van der Waals surface area contributed by atoms with E-state index in [2.05, 4.69) is 26.6 Å². The van der Waals surface area contributed by atoms with Crippen molar-refractivity contribution < 1.29 is 24.6 Å². The monoisotopic (exact) mass is 446 g/mol. The van der Waals surface area contributed by atoms with Crippen LogP contribution >= 0.6 is 27.7 Å². The Morgan fingerprint density at radius 1 is 1.19 bits per heavy atom. The first-order valence-electron chi connectivity index (χ1n) is 7.94. The van der Waals surface area contributed by atoms with Gasteiger partial charge in [-0.15, -0.1) is 11.8 Å². The van der Waals surface area contributed by atoms with E-state index in [0.717, 1.165) is 21.8 Å². The summed E-state index contributed by atoms with van der Waals surface area (Å²) in [5.74, 6) is -2.04. The fourth-order valence-electron chi connectivity index (χ4n) is 1.78. The van der Waals surface area contributed by atoms with Crippen LogP contribution in [0.3, 0.4) is 0 Å². The zero-order valence-corrected chi connectivity index (χ0v) is 17.0. The van der Waals surface area contributed by atoms with Crippen molar-refractivity contribution in [1.29, 1.82) is 0 Å². The van der Waals surface area contributed by atoms with Crippen LogP contribution in [0, 0.1) is 0 Å². The normalized spacial score (nSPS) is 12.3. The predicted molar refractivity (Wildman–Crippen MR) is 103 cm³/mol. The highest BCUT2D eigenvalue weighted by molar-refractivity contribution is 9.10. The van der Waals surface area contributed by atoms with Gasteiger partial charge < -0.3 is 20.8 Å². The van der Waals surface area contributed by atoms with Crippen molar-refractivity contribution in [3.05, 3.63) is 34.3 Å². The van der Waals surface area contributed by atoms with E-state index >= 15 is 0 Å². The molecule has 0 bridgehead atoms. The number of hydrogen-bond acceptors (Lipinski definition) is 6. The minimum absolute atomic E-state index is 0.0550. The minimum atomic E-state index is -1.36. The third-order valence-corrected chi connectivity index (χ3v) is 5.04. The summed E-state index contributed by atoms with van der Waals surface area (Å²) in [6.07, 6.45) is -0.168. The number of rotatable bonds is 10. The van der Waals surface area contributed by atoms with Crippen molar-refractivity contribution in [2.24, 2.45) is 0 Å². The molecular formula is C17H23BrN2O5S. The highest BCUT2D eigenvalue weighted by Crippen LogP contribution is 2.26. The van der Waals surface area contributed by atoms with Crippen molar-refractivity contribution in [2.75, 3.05) is 13.2 Å². The molecule has 26 heavy (non-hydrogen) atoms. The molecule has 0 radical (unpaired) electrons. The number of halogens is 1. The van der Waals surface area contributed by atoms with E-state index in [4.69, 9.17) is 5.11 Å². The van der Waals surface area contributed by atoms with E-state index in [9.17, 15) is 19.5 Å². The van der Waals surface area contributed by atoms with E-state index in [1.54, 1.807) is 13.8 Å². The summed E-state index contributed by atoms with van der Waals surface area (Å²) in [6.45, 7) is 3.36. The molecule has 0 heterocycles. The summed E-state index contributed by atoms with van der Waals surface area (Å²) in [5.41, 5.74) is -0.507. The van der Waals surface area contributed by atoms with Gasteiger partial charge in [0.05, 0.1) is 6.61 Å². The average molecular weight is 447 g/mol. The molecule has 9 heteroatoms. The first-order valence-corrected chi connectivity index (χ1v) is 9.62. The van der Waals surface area contributed by atoms with Gasteiger partial charge in [0.25, 0.3) is 11.8 Å². The van der Waals surface area contributed by atoms with Crippen LogP contribution in [0.25, 0.3) is 0 Å². The summed E-state index contributed by atoms with van der Waals surface area (Å²) >= 11 is 4.22. The molecule has 0 aliphatic rings. The third-order valence-electron chi connectivity index (χ3n) is 3.31. The number of nitrogens with one attached hydrogen (secondary N) is 2. The Bertz CT molecular complexity index is 637. The number of hydrogen-bond donors (Lipinski definition) is 4. The van der Waals surface area contributed by atoms with Crippen molar-refractivity contribution in [3.63, 3.8) is 0 Å². The number of amides is 2. The molecule has 0 aromatic heterocycles. The van der Waals surface area contributed by atoms with Crippen LogP contribution in [0.4, 0.5) is 0 Å². The fourth-order valence-corrected chi connectivity index (χ4v) is 2.91. The molecule has 0 fully saturated rings. The Morgan fingerprint density at radius 2 is 1.81 bits per heavy atom. The van der Waals surface area contributed by atoms with Gasteiger partial charge in [0.15, 0.2) is 5.44 Å². The van der Waals surface area contributed by atoms with E-state index in [1.807, 2.05) is 24.3 Å². The Morgan fingerprint density at radius 3 is 2.38 bits per heavy atom. The quantitative estimate of drug-likeness (QED) is 0.314. The first-order chi connectivity index (χ1) is 12.1. The molecule has 144 valence electrons. The molecule has 2 amide bonds. The van der Waals surface area contributed by atoms with Crippen LogP contribution in [0.15, 0.2) is 28.7 Å². The van der Waals surface area contributed by atoms with Gasteiger partial charge in [0, 0.05) is 28.7 Å². The zero-order chi connectivity index (χ0) is 19.7. The molecule has 0 aliphatic carbocycles. The topological polar surface area (TPSA) is 116 Å². The number of Topliss-reactive ketones (excluding diaryl/α,β-unsaturated/α-hetero) is 1. The maximum absolute atomic E-state index is 11.8. The molecule has 1 rings (SSSR count). The predicted octanol–water partition coefficient (Wildman–Crippen LogP) is 0.963. The molecule has 1 unspecified atom stereocenters. The van der Waals surface area contributed by atoms with Gasteiger partial charge in [-0.3, -0.25) is 14.4 Å². The lowest BCUT2D eigenvalue weighted by molar-refractivity contribution is -0.138. The van der Waals surface area contributed by atoms with Crippen molar-refractivity contribution in [1.82, 2.24) is 10.6 Å². The number of carbonyl (C=O) groups excluding carboxylic acids is 3. The lowest BCUT2D eigenvalue weighted by Crippen LogP contribution is -2.38. The maximum Gasteiger partial charge on any atom is 0.287 e. The number of benzene rings is 1. The molecule has 1 atom stereocenters. The fraction of sp³-hybridized carbons (Fsp3) is 0.471. The van der Waals surface area contributed by atoms with Crippen molar-refractivity contribution in [3.8, 4) is 0 Å². The SMILES string of the molecule is CC(C)(CO)SC(O)C(=O)NCCC(=O)C(=O)NCc1ccc(Br)cc1. The number of aliphatic hydroxyl groups excluding tert-OH is 2. The molecule has 1 aromatic rings. The van der Waals surface area contributed by atoms with Crippen LogP contribution < -0.4 is 10.6 Å². The summed E-state index contributed by atoms with van der Waals surface area (Å²) in [6, 6.07) is 7.31.